The van der Waals surface area contributed by atoms with Gasteiger partial charge in [-0.3, -0.25) is 0 Å². The van der Waals surface area contributed by atoms with Crippen molar-refractivity contribution in [1.82, 2.24) is 4.98 Å². The van der Waals surface area contributed by atoms with E-state index in [-0.39, 0.29) is 0 Å². The van der Waals surface area contributed by atoms with E-state index in [0.29, 0.717) is 11.8 Å². The Morgan fingerprint density at radius 2 is 2.28 bits per heavy atom. The smallest absolute Gasteiger partial charge is 0.195 e. The molecule has 1 fully saturated rings. The Morgan fingerprint density at radius 3 is 3.06 bits per heavy atom. The van der Waals surface area contributed by atoms with Crippen molar-refractivity contribution in [1.29, 1.82) is 0 Å². The summed E-state index contributed by atoms with van der Waals surface area (Å²) in [5, 5.41) is 0. The van der Waals surface area contributed by atoms with Crippen molar-refractivity contribution in [2.75, 3.05) is 12.3 Å². The van der Waals surface area contributed by atoms with Crippen LogP contribution in [-0.2, 0) is 11.2 Å². The third kappa shape index (κ3) is 2.34. The van der Waals surface area contributed by atoms with Crippen molar-refractivity contribution in [3.05, 3.63) is 24.1 Å². The lowest BCUT2D eigenvalue weighted by Crippen LogP contribution is -2.19. The molecule has 1 aliphatic heterocycles. The lowest BCUT2D eigenvalue weighted by atomic mass is 10.0. The van der Waals surface area contributed by atoms with E-state index < -0.39 is 0 Å². The first-order valence-corrected chi connectivity index (χ1v) is 6.58. The Morgan fingerprint density at radius 1 is 1.33 bits per heavy atom. The van der Waals surface area contributed by atoms with E-state index in [9.17, 15) is 0 Å². The number of hydrogen-bond acceptors (Lipinski definition) is 4. The van der Waals surface area contributed by atoms with Crippen LogP contribution in [-0.4, -0.2) is 17.7 Å². The number of hydrogen-bond donors (Lipinski definition) is 1. The number of para-hydroxylation sites is 1. The number of aryl methyl sites for hydroxylation is 1. The Labute approximate surface area is 106 Å². The first kappa shape index (κ1) is 11.5. The maximum atomic E-state index is 5.86. The molecule has 1 aliphatic rings. The minimum atomic E-state index is 0.367. The lowest BCUT2D eigenvalue weighted by molar-refractivity contribution is 0.0106. The first-order chi connectivity index (χ1) is 8.83. The number of anilines is 1. The second-order valence-corrected chi connectivity index (χ2v) is 4.83. The van der Waals surface area contributed by atoms with Crippen molar-refractivity contribution >= 4 is 16.8 Å². The van der Waals surface area contributed by atoms with Crippen LogP contribution in [0.1, 0.15) is 31.6 Å². The minimum Gasteiger partial charge on any atom is -0.441 e. The van der Waals surface area contributed by atoms with E-state index in [4.69, 9.17) is 14.9 Å². The maximum Gasteiger partial charge on any atom is 0.195 e. The molecule has 4 heteroatoms. The van der Waals surface area contributed by atoms with Gasteiger partial charge in [-0.25, -0.2) is 4.98 Å². The number of nitrogens with zero attached hydrogens (tertiary/aromatic N) is 1. The molecule has 0 radical (unpaired) electrons. The predicted octanol–water partition coefficient (Wildman–Crippen LogP) is 2.91. The highest BCUT2D eigenvalue weighted by Crippen LogP contribution is 2.23. The summed E-state index contributed by atoms with van der Waals surface area (Å²) in [4.78, 5) is 4.45. The molecule has 1 saturated heterocycles. The lowest BCUT2D eigenvalue weighted by Gasteiger charge is -2.21. The summed E-state index contributed by atoms with van der Waals surface area (Å²) in [6.07, 6.45) is 5.78. The zero-order chi connectivity index (χ0) is 12.4. The number of rotatable bonds is 3. The molecule has 1 unspecified atom stereocenters. The van der Waals surface area contributed by atoms with Gasteiger partial charge in [-0.2, -0.15) is 0 Å². The number of nitrogens with two attached hydrogens (primary N) is 1. The third-order valence-corrected chi connectivity index (χ3v) is 3.45. The molecule has 2 aromatic rings. The SMILES string of the molecule is Nc1cccc2oc(CCC3CCCCO3)nc12. The van der Waals surface area contributed by atoms with E-state index in [2.05, 4.69) is 4.98 Å². The second kappa shape index (κ2) is 4.98. The summed E-state index contributed by atoms with van der Waals surface area (Å²) in [6.45, 7) is 0.894. The van der Waals surface area contributed by atoms with Crippen molar-refractivity contribution in [3.8, 4) is 0 Å². The molecule has 2 heterocycles. The molecular weight excluding hydrogens is 228 g/mol. The summed E-state index contributed by atoms with van der Waals surface area (Å²) < 4.78 is 11.4. The normalized spacial score (nSPS) is 20.3. The van der Waals surface area contributed by atoms with Crippen LogP contribution in [0, 0.1) is 0 Å². The maximum absolute atomic E-state index is 5.86. The van der Waals surface area contributed by atoms with Gasteiger partial charge < -0.3 is 14.9 Å². The highest BCUT2D eigenvalue weighted by atomic mass is 16.5. The number of aromatic nitrogens is 1. The van der Waals surface area contributed by atoms with Gasteiger partial charge in [-0.1, -0.05) is 6.07 Å². The zero-order valence-corrected chi connectivity index (χ0v) is 10.4. The van der Waals surface area contributed by atoms with Crippen molar-refractivity contribution in [3.63, 3.8) is 0 Å². The highest BCUT2D eigenvalue weighted by Gasteiger charge is 2.15. The molecule has 1 aromatic heterocycles. The number of benzene rings is 1. The number of oxazole rings is 1. The summed E-state index contributed by atoms with van der Waals surface area (Å²) in [6, 6.07) is 5.63. The number of nitrogen functional groups attached to an aromatic ring is 1. The molecule has 0 spiro atoms. The second-order valence-electron chi connectivity index (χ2n) is 4.83. The minimum absolute atomic E-state index is 0.367. The molecule has 0 saturated carbocycles. The van der Waals surface area contributed by atoms with Crippen LogP contribution in [0.5, 0.6) is 0 Å². The fourth-order valence-corrected chi connectivity index (χ4v) is 2.44. The Bertz CT molecular complexity index is 530. The van der Waals surface area contributed by atoms with Gasteiger partial charge in [0.2, 0.25) is 0 Å². The zero-order valence-electron chi connectivity index (χ0n) is 10.4. The van der Waals surface area contributed by atoms with E-state index >= 15 is 0 Å². The average Bonchev–Trinajstić information content (AvgIpc) is 2.82. The topological polar surface area (TPSA) is 61.3 Å². The molecule has 3 rings (SSSR count). The fourth-order valence-electron chi connectivity index (χ4n) is 2.44. The van der Waals surface area contributed by atoms with Crippen LogP contribution in [0.15, 0.2) is 22.6 Å². The van der Waals surface area contributed by atoms with Crippen molar-refractivity contribution in [2.24, 2.45) is 0 Å². The Hall–Kier alpha value is -1.55. The summed E-state index contributed by atoms with van der Waals surface area (Å²) in [7, 11) is 0. The van der Waals surface area contributed by atoms with Crippen LogP contribution in [0.3, 0.4) is 0 Å². The number of fused-ring (bicyclic) bond motifs is 1. The largest absolute Gasteiger partial charge is 0.441 e. The monoisotopic (exact) mass is 246 g/mol. The van der Waals surface area contributed by atoms with E-state index in [0.717, 1.165) is 42.9 Å². The fraction of sp³-hybridized carbons (Fsp3) is 0.500. The molecular formula is C14H18N2O2. The molecule has 0 amide bonds. The standard InChI is InChI=1S/C14H18N2O2/c15-11-5-3-6-12-14(11)16-13(18-12)8-7-10-4-1-2-9-17-10/h3,5-6,10H,1-2,4,7-9,15H2. The van der Waals surface area contributed by atoms with Crippen molar-refractivity contribution < 1.29 is 9.15 Å². The van der Waals surface area contributed by atoms with E-state index in [1.807, 2.05) is 18.2 Å². The van der Waals surface area contributed by atoms with E-state index in [1.54, 1.807) is 0 Å². The third-order valence-electron chi connectivity index (χ3n) is 3.45. The van der Waals surface area contributed by atoms with Crippen LogP contribution >= 0.6 is 0 Å². The van der Waals surface area contributed by atoms with Gasteiger partial charge >= 0.3 is 0 Å². The first-order valence-electron chi connectivity index (χ1n) is 6.58. The molecule has 18 heavy (non-hydrogen) atoms. The average molecular weight is 246 g/mol. The van der Waals surface area contributed by atoms with Crippen LogP contribution in [0.2, 0.25) is 0 Å². The molecule has 0 bridgehead atoms. The summed E-state index contributed by atoms with van der Waals surface area (Å²) in [5.74, 6) is 0.761. The van der Waals surface area contributed by atoms with Gasteiger partial charge in [0.15, 0.2) is 11.5 Å². The molecule has 4 nitrogen and oxygen atoms in total. The molecule has 2 N–H and O–H groups in total. The van der Waals surface area contributed by atoms with Crippen molar-refractivity contribution in [2.45, 2.75) is 38.2 Å². The van der Waals surface area contributed by atoms with Gasteiger partial charge in [0.05, 0.1) is 11.8 Å². The van der Waals surface area contributed by atoms with Gasteiger partial charge in [0.1, 0.15) is 5.52 Å². The Balaban J connectivity index is 1.69. The van der Waals surface area contributed by atoms with Crippen LogP contribution in [0.4, 0.5) is 5.69 Å². The summed E-state index contributed by atoms with van der Waals surface area (Å²) in [5.41, 5.74) is 8.09. The van der Waals surface area contributed by atoms with E-state index in [1.165, 1.54) is 12.8 Å². The predicted molar refractivity (Wildman–Crippen MR) is 70.3 cm³/mol. The molecule has 1 aromatic carbocycles. The summed E-state index contributed by atoms with van der Waals surface area (Å²) >= 11 is 0. The van der Waals surface area contributed by atoms with Gasteiger partial charge in [-0.15, -0.1) is 0 Å². The molecule has 96 valence electrons. The quantitative estimate of drug-likeness (QED) is 0.846. The molecule has 1 atom stereocenters. The molecule has 0 aliphatic carbocycles. The Kier molecular flexibility index (Phi) is 3.19. The van der Waals surface area contributed by atoms with Gasteiger partial charge in [-0.05, 0) is 37.8 Å². The number of ether oxygens (including phenoxy) is 1. The van der Waals surface area contributed by atoms with Gasteiger partial charge in [0, 0.05) is 13.0 Å². The van der Waals surface area contributed by atoms with Gasteiger partial charge in [0.25, 0.3) is 0 Å². The van der Waals surface area contributed by atoms with Crippen LogP contribution < -0.4 is 5.73 Å². The van der Waals surface area contributed by atoms with Crippen LogP contribution in [0.25, 0.3) is 11.1 Å². The highest BCUT2D eigenvalue weighted by molar-refractivity contribution is 5.85.